The van der Waals surface area contributed by atoms with Gasteiger partial charge in [0, 0.05) is 18.2 Å². The van der Waals surface area contributed by atoms with Gasteiger partial charge in [0.2, 0.25) is 5.89 Å². The van der Waals surface area contributed by atoms with Crippen LogP contribution in [-0.4, -0.2) is 33.1 Å². The third-order valence-electron chi connectivity index (χ3n) is 5.48. The highest BCUT2D eigenvalue weighted by atomic mass is 16.5. The molecule has 0 aliphatic rings. The van der Waals surface area contributed by atoms with Crippen LogP contribution in [-0.2, 0) is 28.8 Å². The van der Waals surface area contributed by atoms with Crippen molar-refractivity contribution < 1.29 is 13.9 Å². The smallest absolute Gasteiger partial charge is 0.331 e. The molecule has 4 aromatic rings. The minimum Gasteiger partial charge on any atom is -0.467 e. The number of hydrogen-bond acceptors (Lipinski definition) is 6. The van der Waals surface area contributed by atoms with Crippen LogP contribution in [0.4, 0.5) is 0 Å². The Morgan fingerprint density at radius 2 is 1.81 bits per heavy atom. The van der Waals surface area contributed by atoms with Crippen LogP contribution in [0, 0.1) is 6.92 Å². The molecule has 0 spiro atoms. The molecule has 0 radical (unpaired) electrons. The molecule has 0 bridgehead atoms. The summed E-state index contributed by atoms with van der Waals surface area (Å²) in [7, 11) is 1.38. The Balaban J connectivity index is 1.33. The van der Waals surface area contributed by atoms with Crippen LogP contribution in [0.3, 0.4) is 0 Å². The number of carbonyl (C=O) groups excluding carboxylic acids is 1. The molecule has 0 aliphatic heterocycles. The summed E-state index contributed by atoms with van der Waals surface area (Å²) in [6.45, 7) is 1.97. The molecule has 0 amide bonds. The van der Waals surface area contributed by atoms with E-state index in [1.165, 1.54) is 17.4 Å². The molecule has 7 heteroatoms. The van der Waals surface area contributed by atoms with Crippen molar-refractivity contribution >= 4 is 5.97 Å². The summed E-state index contributed by atoms with van der Waals surface area (Å²) in [5, 5.41) is 7.74. The normalized spacial score (nSPS) is 11.9. The average molecular weight is 431 g/mol. The summed E-state index contributed by atoms with van der Waals surface area (Å²) in [5.41, 5.74) is 4.29. The highest BCUT2D eigenvalue weighted by Crippen LogP contribution is 2.23. The zero-order chi connectivity index (χ0) is 22.3. The molecule has 4 rings (SSSR count). The molecule has 2 aromatic heterocycles. The minimum atomic E-state index is -0.526. The van der Waals surface area contributed by atoms with E-state index in [0.717, 1.165) is 41.8 Å². The van der Waals surface area contributed by atoms with E-state index in [4.69, 9.17) is 9.15 Å². The molecule has 0 fully saturated rings. The van der Waals surface area contributed by atoms with Crippen LogP contribution < -0.4 is 0 Å². The van der Waals surface area contributed by atoms with E-state index >= 15 is 0 Å². The van der Waals surface area contributed by atoms with Crippen molar-refractivity contribution in [3.8, 4) is 11.5 Å². The summed E-state index contributed by atoms with van der Waals surface area (Å²) in [6, 6.07) is 17.8. The van der Waals surface area contributed by atoms with Gasteiger partial charge in [0.05, 0.1) is 19.0 Å². The summed E-state index contributed by atoms with van der Waals surface area (Å²) in [5.74, 6) is 1.22. The first-order valence-corrected chi connectivity index (χ1v) is 10.7. The summed E-state index contributed by atoms with van der Waals surface area (Å²) >= 11 is 0. The Morgan fingerprint density at radius 3 is 2.50 bits per heavy atom. The molecule has 32 heavy (non-hydrogen) atoms. The monoisotopic (exact) mass is 430 g/mol. The van der Waals surface area contributed by atoms with Crippen LogP contribution in [0.2, 0.25) is 0 Å². The van der Waals surface area contributed by atoms with Crippen LogP contribution in [0.1, 0.15) is 35.0 Å². The number of aromatic nitrogens is 4. The lowest BCUT2D eigenvalue weighted by Gasteiger charge is -2.14. The number of benzene rings is 2. The molecule has 164 valence electrons. The van der Waals surface area contributed by atoms with Gasteiger partial charge < -0.3 is 9.15 Å². The first-order chi connectivity index (χ1) is 15.6. The Hall–Kier alpha value is -3.74. The van der Waals surface area contributed by atoms with Gasteiger partial charge in [0.15, 0.2) is 6.04 Å². The zero-order valence-electron chi connectivity index (χ0n) is 18.3. The number of rotatable bonds is 9. The maximum atomic E-state index is 12.2. The van der Waals surface area contributed by atoms with E-state index in [1.54, 1.807) is 12.4 Å². The maximum Gasteiger partial charge on any atom is 0.331 e. The molecule has 0 saturated heterocycles. The predicted octanol–water partition coefficient (Wildman–Crippen LogP) is 4.37. The molecular weight excluding hydrogens is 404 g/mol. The lowest BCUT2D eigenvalue weighted by atomic mass is 10.0. The molecule has 1 atom stereocenters. The van der Waals surface area contributed by atoms with E-state index in [1.807, 2.05) is 37.3 Å². The van der Waals surface area contributed by atoms with Gasteiger partial charge in [0.1, 0.15) is 5.76 Å². The number of ether oxygens (including phenoxy) is 1. The zero-order valence-corrected chi connectivity index (χ0v) is 18.3. The van der Waals surface area contributed by atoms with Gasteiger partial charge in [-0.05, 0) is 49.4 Å². The molecule has 0 aliphatic carbocycles. The number of aryl methyl sites for hydroxylation is 3. The van der Waals surface area contributed by atoms with Crippen LogP contribution in [0.5, 0.6) is 0 Å². The fourth-order valence-corrected chi connectivity index (χ4v) is 3.69. The van der Waals surface area contributed by atoms with E-state index in [2.05, 4.69) is 39.6 Å². The quantitative estimate of drug-likeness (QED) is 0.367. The number of methoxy groups -OCH3 is 1. The highest BCUT2D eigenvalue weighted by molar-refractivity contribution is 5.74. The van der Waals surface area contributed by atoms with Crippen molar-refractivity contribution in [2.45, 2.75) is 38.6 Å². The van der Waals surface area contributed by atoms with Gasteiger partial charge in [-0.3, -0.25) is 0 Å². The highest BCUT2D eigenvalue weighted by Gasteiger charge is 2.22. The van der Waals surface area contributed by atoms with Crippen LogP contribution >= 0.6 is 0 Å². The van der Waals surface area contributed by atoms with Gasteiger partial charge in [0.25, 0.3) is 0 Å². The first kappa shape index (κ1) is 21.5. The van der Waals surface area contributed by atoms with Gasteiger partial charge in [-0.15, -0.1) is 5.10 Å². The summed E-state index contributed by atoms with van der Waals surface area (Å²) in [6.07, 6.45) is 6.50. The standard InChI is InChI=1S/C25H26N4O3/c1-18-22(27-24(32-18)21-8-4-3-5-9-21)10-6-7-19-11-13-20(14-12-19)17-23(25(30)31-2)29-16-15-26-28-29/h3-5,8-9,11-16,23H,6-7,10,17H2,1-2H3. The van der Waals surface area contributed by atoms with Gasteiger partial charge in [-0.1, -0.05) is 47.7 Å². The van der Waals surface area contributed by atoms with Crippen molar-refractivity contribution in [1.29, 1.82) is 0 Å². The Bertz CT molecular complexity index is 1140. The van der Waals surface area contributed by atoms with Gasteiger partial charge in [-0.2, -0.15) is 0 Å². The number of esters is 1. The van der Waals surface area contributed by atoms with Gasteiger partial charge in [-0.25, -0.2) is 14.5 Å². The van der Waals surface area contributed by atoms with Crippen LogP contribution in [0.15, 0.2) is 71.4 Å². The van der Waals surface area contributed by atoms with E-state index in [-0.39, 0.29) is 5.97 Å². The molecular formula is C25H26N4O3. The lowest BCUT2D eigenvalue weighted by molar-refractivity contribution is -0.144. The molecule has 7 nitrogen and oxygen atoms in total. The number of oxazole rings is 1. The summed E-state index contributed by atoms with van der Waals surface area (Å²) in [4.78, 5) is 16.8. The number of nitrogens with zero attached hydrogens (tertiary/aromatic N) is 4. The van der Waals surface area contributed by atoms with Crippen molar-refractivity contribution in [3.05, 3.63) is 89.6 Å². The van der Waals surface area contributed by atoms with E-state index in [0.29, 0.717) is 12.3 Å². The Labute approximate surface area is 187 Å². The second kappa shape index (κ2) is 10.0. The van der Waals surface area contributed by atoms with E-state index < -0.39 is 6.04 Å². The average Bonchev–Trinajstić information content (AvgIpc) is 3.49. The number of hydrogen-bond donors (Lipinski definition) is 0. The van der Waals surface area contributed by atoms with Crippen LogP contribution in [0.25, 0.3) is 11.5 Å². The van der Waals surface area contributed by atoms with Crippen molar-refractivity contribution in [2.75, 3.05) is 7.11 Å². The van der Waals surface area contributed by atoms with E-state index in [9.17, 15) is 4.79 Å². The Morgan fingerprint density at radius 1 is 1.06 bits per heavy atom. The summed E-state index contributed by atoms with van der Waals surface area (Å²) < 4.78 is 12.3. The fraction of sp³-hybridized carbons (Fsp3) is 0.280. The predicted molar refractivity (Wildman–Crippen MR) is 120 cm³/mol. The number of carbonyl (C=O) groups is 1. The molecule has 2 heterocycles. The second-order valence-electron chi connectivity index (χ2n) is 7.68. The SMILES string of the molecule is COC(=O)C(Cc1ccc(CCCc2nc(-c3ccccc3)oc2C)cc1)n1ccnn1. The maximum absolute atomic E-state index is 12.2. The fourth-order valence-electron chi connectivity index (χ4n) is 3.69. The second-order valence-corrected chi connectivity index (χ2v) is 7.68. The largest absolute Gasteiger partial charge is 0.467 e. The minimum absolute atomic E-state index is 0.336. The third kappa shape index (κ3) is 5.11. The first-order valence-electron chi connectivity index (χ1n) is 10.7. The van der Waals surface area contributed by atoms with Crippen molar-refractivity contribution in [2.24, 2.45) is 0 Å². The van der Waals surface area contributed by atoms with Crippen molar-refractivity contribution in [1.82, 2.24) is 20.0 Å². The third-order valence-corrected chi connectivity index (χ3v) is 5.48. The molecule has 2 aromatic carbocycles. The van der Waals surface area contributed by atoms with Gasteiger partial charge >= 0.3 is 5.97 Å². The molecule has 1 unspecified atom stereocenters. The lowest BCUT2D eigenvalue weighted by Crippen LogP contribution is -2.23. The van der Waals surface area contributed by atoms with Crippen molar-refractivity contribution in [3.63, 3.8) is 0 Å². The molecule has 0 N–H and O–H groups in total. The topological polar surface area (TPSA) is 83.0 Å². The Kier molecular flexibility index (Phi) is 6.75. The molecule has 0 saturated carbocycles.